The molecule has 2 rings (SSSR count). The van der Waals surface area contributed by atoms with Crippen molar-refractivity contribution in [1.82, 2.24) is 10.2 Å². The lowest BCUT2D eigenvalue weighted by molar-refractivity contribution is -0.142. The van der Waals surface area contributed by atoms with Gasteiger partial charge in [0.2, 0.25) is 5.91 Å². The van der Waals surface area contributed by atoms with Crippen LogP contribution in [0.3, 0.4) is 0 Å². The largest absolute Gasteiger partial charge is 0.342 e. The quantitative estimate of drug-likeness (QED) is 0.836. The highest BCUT2D eigenvalue weighted by atomic mass is 16.2. The zero-order valence-corrected chi connectivity index (χ0v) is 12.2. The Kier molecular flexibility index (Phi) is 4.31. The van der Waals surface area contributed by atoms with E-state index in [9.17, 15) is 4.79 Å². The first-order chi connectivity index (χ1) is 8.54. The molecule has 2 aliphatic heterocycles. The molecule has 3 heteroatoms. The second kappa shape index (κ2) is 5.60. The van der Waals surface area contributed by atoms with Gasteiger partial charge in [0.1, 0.15) is 0 Å². The van der Waals surface area contributed by atoms with Gasteiger partial charge < -0.3 is 10.2 Å². The van der Waals surface area contributed by atoms with Gasteiger partial charge in [0.25, 0.3) is 0 Å². The maximum absolute atomic E-state index is 12.5. The highest BCUT2D eigenvalue weighted by molar-refractivity contribution is 5.82. The van der Waals surface area contributed by atoms with Crippen molar-refractivity contribution in [3.05, 3.63) is 0 Å². The molecule has 0 aromatic heterocycles. The van der Waals surface area contributed by atoms with Gasteiger partial charge in [-0.15, -0.1) is 0 Å². The fourth-order valence-corrected chi connectivity index (χ4v) is 3.22. The Balaban J connectivity index is 1.95. The molecular weight excluding hydrogens is 224 g/mol. The molecule has 3 nitrogen and oxygen atoms in total. The summed E-state index contributed by atoms with van der Waals surface area (Å²) in [6, 6.07) is 0.658. The van der Waals surface area contributed by atoms with Crippen LogP contribution in [0.2, 0.25) is 0 Å². The van der Waals surface area contributed by atoms with Gasteiger partial charge in [-0.1, -0.05) is 20.8 Å². The minimum Gasteiger partial charge on any atom is -0.342 e. The molecule has 104 valence electrons. The van der Waals surface area contributed by atoms with Gasteiger partial charge in [-0.05, 0) is 44.6 Å². The first-order valence-electron chi connectivity index (χ1n) is 7.57. The lowest BCUT2D eigenvalue weighted by Gasteiger charge is -2.39. The summed E-state index contributed by atoms with van der Waals surface area (Å²) in [5.74, 6) is 1.03. The van der Waals surface area contributed by atoms with Crippen LogP contribution in [0.25, 0.3) is 0 Å². The first-order valence-corrected chi connectivity index (χ1v) is 7.57. The molecule has 2 unspecified atom stereocenters. The van der Waals surface area contributed by atoms with Gasteiger partial charge in [0.05, 0.1) is 0 Å². The highest BCUT2D eigenvalue weighted by Gasteiger charge is 2.35. The van der Waals surface area contributed by atoms with Gasteiger partial charge in [-0.2, -0.15) is 0 Å². The topological polar surface area (TPSA) is 32.3 Å². The predicted octanol–water partition coefficient (Wildman–Crippen LogP) is 2.41. The van der Waals surface area contributed by atoms with E-state index in [0.29, 0.717) is 17.9 Å². The molecule has 2 fully saturated rings. The van der Waals surface area contributed by atoms with Crippen molar-refractivity contribution in [3.63, 3.8) is 0 Å². The monoisotopic (exact) mass is 252 g/mol. The van der Waals surface area contributed by atoms with Crippen molar-refractivity contribution in [1.29, 1.82) is 0 Å². The van der Waals surface area contributed by atoms with Crippen molar-refractivity contribution in [2.75, 3.05) is 19.6 Å². The molecule has 0 bridgehead atoms. The molecule has 2 atom stereocenters. The van der Waals surface area contributed by atoms with E-state index in [2.05, 4.69) is 31.0 Å². The molecular formula is C15H28N2O. The molecule has 0 aliphatic carbocycles. The number of hydrogen-bond donors (Lipinski definition) is 1. The summed E-state index contributed by atoms with van der Waals surface area (Å²) in [5, 5.41) is 3.60. The molecule has 0 spiro atoms. The molecule has 0 saturated carbocycles. The number of carbonyl (C=O) groups excluding carboxylic acids is 1. The van der Waals surface area contributed by atoms with E-state index in [0.717, 1.165) is 26.1 Å². The molecule has 2 aliphatic rings. The van der Waals surface area contributed by atoms with Crippen molar-refractivity contribution < 1.29 is 4.79 Å². The molecule has 1 N–H and O–H groups in total. The van der Waals surface area contributed by atoms with E-state index < -0.39 is 0 Å². The number of amides is 1. The summed E-state index contributed by atoms with van der Waals surface area (Å²) in [4.78, 5) is 14.6. The minimum absolute atomic E-state index is 0.189. The van der Waals surface area contributed by atoms with Gasteiger partial charge in [-0.25, -0.2) is 0 Å². The number of carbonyl (C=O) groups is 1. The van der Waals surface area contributed by atoms with Crippen molar-refractivity contribution in [2.45, 2.75) is 58.9 Å². The average Bonchev–Trinajstić information content (AvgIpc) is 2.92. The average molecular weight is 252 g/mol. The van der Waals surface area contributed by atoms with Crippen LogP contribution in [0.15, 0.2) is 0 Å². The van der Waals surface area contributed by atoms with Crippen LogP contribution in [0.1, 0.15) is 52.9 Å². The van der Waals surface area contributed by atoms with Gasteiger partial charge in [0, 0.05) is 24.5 Å². The number of nitrogens with one attached hydrogen (secondary N) is 1. The standard InChI is InChI=1S/C15H28N2O/c1-4-15(2,3)14(18)17-10-6-7-12(11-17)13-8-5-9-16-13/h12-13,16H,4-11H2,1-3H3. The van der Waals surface area contributed by atoms with E-state index in [-0.39, 0.29) is 5.41 Å². The summed E-state index contributed by atoms with van der Waals surface area (Å²) < 4.78 is 0. The fraction of sp³-hybridized carbons (Fsp3) is 0.933. The van der Waals surface area contributed by atoms with E-state index in [1.165, 1.54) is 25.7 Å². The smallest absolute Gasteiger partial charge is 0.228 e. The van der Waals surface area contributed by atoms with Crippen LogP contribution in [-0.2, 0) is 4.79 Å². The maximum atomic E-state index is 12.5. The van der Waals surface area contributed by atoms with Crippen molar-refractivity contribution in [2.24, 2.45) is 11.3 Å². The van der Waals surface area contributed by atoms with Crippen LogP contribution in [0.5, 0.6) is 0 Å². The van der Waals surface area contributed by atoms with E-state index in [1.807, 2.05) is 0 Å². The zero-order valence-electron chi connectivity index (χ0n) is 12.2. The van der Waals surface area contributed by atoms with Crippen LogP contribution < -0.4 is 5.32 Å². The van der Waals surface area contributed by atoms with E-state index in [1.54, 1.807) is 0 Å². The Morgan fingerprint density at radius 1 is 1.33 bits per heavy atom. The Bertz CT molecular complexity index is 295. The molecule has 0 radical (unpaired) electrons. The summed E-state index contributed by atoms with van der Waals surface area (Å²) in [6.45, 7) is 9.36. The second-order valence-corrected chi connectivity index (χ2v) is 6.59. The van der Waals surface area contributed by atoms with Crippen LogP contribution in [0, 0.1) is 11.3 Å². The molecule has 0 aromatic carbocycles. The third-order valence-corrected chi connectivity index (χ3v) is 4.88. The second-order valence-electron chi connectivity index (χ2n) is 6.59. The van der Waals surface area contributed by atoms with Crippen LogP contribution in [0.4, 0.5) is 0 Å². The van der Waals surface area contributed by atoms with Gasteiger partial charge in [-0.3, -0.25) is 4.79 Å². The maximum Gasteiger partial charge on any atom is 0.228 e. The summed E-state index contributed by atoms with van der Waals surface area (Å²) in [7, 11) is 0. The van der Waals surface area contributed by atoms with Crippen LogP contribution >= 0.6 is 0 Å². The number of nitrogens with zero attached hydrogens (tertiary/aromatic N) is 1. The molecule has 0 aromatic rings. The lowest BCUT2D eigenvalue weighted by Crippen LogP contribution is -2.49. The molecule has 1 amide bonds. The van der Waals surface area contributed by atoms with Gasteiger partial charge >= 0.3 is 0 Å². The fourth-order valence-electron chi connectivity index (χ4n) is 3.22. The highest BCUT2D eigenvalue weighted by Crippen LogP contribution is 2.29. The van der Waals surface area contributed by atoms with Crippen molar-refractivity contribution in [3.8, 4) is 0 Å². The van der Waals surface area contributed by atoms with E-state index in [4.69, 9.17) is 0 Å². The summed E-state index contributed by atoms with van der Waals surface area (Å²) in [5.41, 5.74) is -0.189. The normalized spacial score (nSPS) is 29.6. The summed E-state index contributed by atoms with van der Waals surface area (Å²) in [6.07, 6.45) is 5.98. The Hall–Kier alpha value is -0.570. The SMILES string of the molecule is CCC(C)(C)C(=O)N1CCCC(C2CCCN2)C1. The van der Waals surface area contributed by atoms with E-state index >= 15 is 0 Å². The third-order valence-electron chi connectivity index (χ3n) is 4.88. The third kappa shape index (κ3) is 2.87. The minimum atomic E-state index is -0.189. The summed E-state index contributed by atoms with van der Waals surface area (Å²) >= 11 is 0. The number of likely N-dealkylation sites (tertiary alicyclic amines) is 1. The molecule has 2 heterocycles. The number of piperidine rings is 1. The van der Waals surface area contributed by atoms with Crippen LogP contribution in [-0.4, -0.2) is 36.5 Å². The zero-order chi connectivity index (χ0) is 13.2. The number of hydrogen-bond acceptors (Lipinski definition) is 2. The molecule has 18 heavy (non-hydrogen) atoms. The first kappa shape index (κ1) is 13.9. The Labute approximate surface area is 111 Å². The predicted molar refractivity (Wildman–Crippen MR) is 74.4 cm³/mol. The number of rotatable bonds is 3. The Morgan fingerprint density at radius 3 is 2.72 bits per heavy atom. The molecule has 2 saturated heterocycles. The van der Waals surface area contributed by atoms with Gasteiger partial charge in [0.15, 0.2) is 0 Å². The Morgan fingerprint density at radius 2 is 2.11 bits per heavy atom. The van der Waals surface area contributed by atoms with Crippen molar-refractivity contribution >= 4 is 5.91 Å². The lowest BCUT2D eigenvalue weighted by atomic mass is 9.85.